The van der Waals surface area contributed by atoms with Gasteiger partial charge in [0.2, 0.25) is 5.91 Å². The summed E-state index contributed by atoms with van der Waals surface area (Å²) in [4.78, 5) is 27.8. The van der Waals surface area contributed by atoms with E-state index < -0.39 is 12.1 Å². The molecule has 7 heteroatoms. The van der Waals surface area contributed by atoms with E-state index in [2.05, 4.69) is 20.8 Å². The molecule has 0 aliphatic heterocycles. The van der Waals surface area contributed by atoms with Crippen LogP contribution in [0.5, 0.6) is 0 Å². The van der Waals surface area contributed by atoms with Crippen LogP contribution in [0.4, 0.5) is 4.79 Å². The van der Waals surface area contributed by atoms with Gasteiger partial charge in [-0.25, -0.2) is 10.2 Å². The van der Waals surface area contributed by atoms with Gasteiger partial charge in [0.1, 0.15) is 0 Å². The second-order valence-electron chi connectivity index (χ2n) is 5.11. The van der Waals surface area contributed by atoms with Gasteiger partial charge in [0.05, 0.1) is 25.3 Å². The molecule has 0 unspecified atom stereocenters. The predicted octanol–water partition coefficient (Wildman–Crippen LogP) is 2.41. The fourth-order valence-corrected chi connectivity index (χ4v) is 2.11. The Balaban J connectivity index is 1.96. The molecule has 0 fully saturated rings. The molecule has 2 rings (SSSR count). The quantitative estimate of drug-likeness (QED) is 0.598. The number of rotatable bonds is 7. The Bertz CT molecular complexity index is 705. The van der Waals surface area contributed by atoms with Gasteiger partial charge in [-0.1, -0.05) is 36.4 Å². The highest BCUT2D eigenvalue weighted by molar-refractivity contribution is 5.82. The Hall–Kier alpha value is -3.22. The molecule has 1 aromatic carbocycles. The minimum atomic E-state index is -0.567. The first kappa shape index (κ1) is 18.1. The Kier molecular flexibility index (Phi) is 7.12. The van der Waals surface area contributed by atoms with E-state index in [0.29, 0.717) is 0 Å². The van der Waals surface area contributed by atoms with Crippen LogP contribution < -0.4 is 10.7 Å². The van der Waals surface area contributed by atoms with E-state index in [0.717, 1.165) is 11.1 Å². The molecule has 130 valence electrons. The van der Waals surface area contributed by atoms with Gasteiger partial charge in [0, 0.05) is 18.0 Å². The first-order valence-corrected chi connectivity index (χ1v) is 7.89. The third-order valence-electron chi connectivity index (χ3n) is 3.25. The number of hydrogen-bond acceptors (Lipinski definition) is 5. The molecule has 0 spiro atoms. The van der Waals surface area contributed by atoms with E-state index in [1.54, 1.807) is 25.4 Å². The number of aromatic nitrogens is 1. The highest BCUT2D eigenvalue weighted by atomic mass is 16.5. The molecule has 2 N–H and O–H groups in total. The Morgan fingerprint density at radius 2 is 2.04 bits per heavy atom. The lowest BCUT2D eigenvalue weighted by Gasteiger charge is -2.18. The number of nitrogens with one attached hydrogen (secondary N) is 2. The molecule has 0 aliphatic carbocycles. The highest BCUT2D eigenvalue weighted by Crippen LogP contribution is 2.16. The number of amides is 2. The van der Waals surface area contributed by atoms with Gasteiger partial charge in [-0.05, 0) is 18.6 Å². The molecule has 0 saturated carbocycles. The normalized spacial score (nSPS) is 11.7. The van der Waals surface area contributed by atoms with Crippen molar-refractivity contribution in [1.29, 1.82) is 0 Å². The van der Waals surface area contributed by atoms with E-state index in [4.69, 9.17) is 4.74 Å². The molecule has 0 bridgehead atoms. The summed E-state index contributed by atoms with van der Waals surface area (Å²) < 4.78 is 4.90. The average Bonchev–Trinajstić information content (AvgIpc) is 2.63. The number of ether oxygens (including phenoxy) is 1. The van der Waals surface area contributed by atoms with Gasteiger partial charge in [0.25, 0.3) is 0 Å². The van der Waals surface area contributed by atoms with Gasteiger partial charge in [-0.15, -0.1) is 0 Å². The maximum absolute atomic E-state index is 12.1. The van der Waals surface area contributed by atoms with E-state index >= 15 is 0 Å². The van der Waals surface area contributed by atoms with Crippen LogP contribution in [0.3, 0.4) is 0 Å². The van der Waals surface area contributed by atoms with Crippen molar-refractivity contribution in [2.75, 3.05) is 6.61 Å². The van der Waals surface area contributed by atoms with Crippen molar-refractivity contribution in [3.8, 4) is 0 Å². The molecule has 25 heavy (non-hydrogen) atoms. The number of carbonyl (C=O) groups is 2. The van der Waals surface area contributed by atoms with Crippen LogP contribution in [-0.4, -0.2) is 29.8 Å². The van der Waals surface area contributed by atoms with Gasteiger partial charge in [-0.3, -0.25) is 9.78 Å². The SMILES string of the molecule is CCOC(=O)N[C@H](CC(=O)N/N=C\c1cccnc1)c1ccccc1. The van der Waals surface area contributed by atoms with Crippen molar-refractivity contribution in [2.24, 2.45) is 5.10 Å². The summed E-state index contributed by atoms with van der Waals surface area (Å²) in [5.74, 6) is -0.328. The average molecular weight is 340 g/mol. The number of alkyl carbamates (subject to hydrolysis) is 1. The van der Waals surface area contributed by atoms with Crippen molar-refractivity contribution in [1.82, 2.24) is 15.7 Å². The standard InChI is InChI=1S/C18H20N4O3/c1-2-25-18(24)21-16(15-8-4-3-5-9-15)11-17(23)22-20-13-14-7-6-10-19-12-14/h3-10,12-13,16H,2,11H2,1H3,(H,21,24)(H,22,23)/b20-13-/t16-/m1/s1. The van der Waals surface area contributed by atoms with Crippen LogP contribution in [0.1, 0.15) is 30.5 Å². The molecule has 1 aromatic heterocycles. The van der Waals surface area contributed by atoms with E-state index in [9.17, 15) is 9.59 Å². The van der Waals surface area contributed by atoms with Gasteiger partial charge in [-0.2, -0.15) is 5.10 Å². The van der Waals surface area contributed by atoms with E-state index in [1.165, 1.54) is 6.21 Å². The molecular weight excluding hydrogens is 320 g/mol. The number of hydrazone groups is 1. The predicted molar refractivity (Wildman–Crippen MR) is 93.9 cm³/mol. The molecular formula is C18H20N4O3. The summed E-state index contributed by atoms with van der Waals surface area (Å²) >= 11 is 0. The lowest BCUT2D eigenvalue weighted by molar-refractivity contribution is -0.121. The molecule has 0 aliphatic rings. The zero-order valence-corrected chi connectivity index (χ0v) is 13.9. The molecule has 2 amide bonds. The number of carbonyl (C=O) groups excluding carboxylic acids is 2. The maximum Gasteiger partial charge on any atom is 0.407 e. The van der Waals surface area contributed by atoms with Gasteiger partial charge in [0.15, 0.2) is 0 Å². The van der Waals surface area contributed by atoms with Crippen molar-refractivity contribution < 1.29 is 14.3 Å². The van der Waals surface area contributed by atoms with Crippen LogP contribution in [0.15, 0.2) is 60.0 Å². The van der Waals surface area contributed by atoms with Crippen molar-refractivity contribution in [3.05, 3.63) is 66.0 Å². The summed E-state index contributed by atoms with van der Waals surface area (Å²) in [7, 11) is 0. The first-order valence-electron chi connectivity index (χ1n) is 7.89. The summed E-state index contributed by atoms with van der Waals surface area (Å²) in [5, 5.41) is 6.58. The minimum absolute atomic E-state index is 0.0349. The summed E-state index contributed by atoms with van der Waals surface area (Å²) in [6, 6.07) is 12.3. The van der Waals surface area contributed by atoms with Gasteiger partial charge < -0.3 is 10.1 Å². The molecule has 1 heterocycles. The topological polar surface area (TPSA) is 92.7 Å². The van der Waals surface area contributed by atoms with Crippen molar-refractivity contribution in [3.63, 3.8) is 0 Å². The zero-order valence-electron chi connectivity index (χ0n) is 13.9. The molecule has 2 aromatic rings. The largest absolute Gasteiger partial charge is 0.450 e. The molecule has 7 nitrogen and oxygen atoms in total. The molecule has 1 atom stereocenters. The summed E-state index contributed by atoms with van der Waals surface area (Å²) in [5.41, 5.74) is 4.03. The summed E-state index contributed by atoms with van der Waals surface area (Å²) in [6.45, 7) is 1.98. The zero-order chi connectivity index (χ0) is 17.9. The Morgan fingerprint density at radius 3 is 2.72 bits per heavy atom. The van der Waals surface area contributed by atoms with Crippen LogP contribution >= 0.6 is 0 Å². The molecule has 0 radical (unpaired) electrons. The lowest BCUT2D eigenvalue weighted by atomic mass is 10.0. The number of nitrogens with zero attached hydrogens (tertiary/aromatic N) is 2. The van der Waals surface area contributed by atoms with Crippen LogP contribution in [0.25, 0.3) is 0 Å². The monoisotopic (exact) mass is 340 g/mol. The third kappa shape index (κ3) is 6.42. The minimum Gasteiger partial charge on any atom is -0.450 e. The Labute approximate surface area is 146 Å². The van der Waals surface area contributed by atoms with Crippen molar-refractivity contribution in [2.45, 2.75) is 19.4 Å². The number of hydrogen-bond donors (Lipinski definition) is 2. The first-order chi connectivity index (χ1) is 12.2. The number of benzene rings is 1. The van der Waals surface area contributed by atoms with E-state index in [1.807, 2.05) is 36.4 Å². The van der Waals surface area contributed by atoms with Crippen LogP contribution in [0.2, 0.25) is 0 Å². The smallest absolute Gasteiger partial charge is 0.407 e. The second kappa shape index (κ2) is 9.82. The second-order valence-corrected chi connectivity index (χ2v) is 5.11. The van der Waals surface area contributed by atoms with Crippen molar-refractivity contribution >= 4 is 18.2 Å². The lowest BCUT2D eigenvalue weighted by Crippen LogP contribution is -2.33. The third-order valence-corrected chi connectivity index (χ3v) is 3.25. The fraction of sp³-hybridized carbons (Fsp3) is 0.222. The fourth-order valence-electron chi connectivity index (χ4n) is 2.11. The van der Waals surface area contributed by atoms with Crippen LogP contribution in [-0.2, 0) is 9.53 Å². The van der Waals surface area contributed by atoms with E-state index in [-0.39, 0.29) is 18.9 Å². The number of pyridine rings is 1. The maximum atomic E-state index is 12.1. The van der Waals surface area contributed by atoms with Gasteiger partial charge >= 0.3 is 6.09 Å². The Morgan fingerprint density at radius 1 is 1.24 bits per heavy atom. The summed E-state index contributed by atoms with van der Waals surface area (Å²) in [6.07, 6.45) is 4.25. The van der Waals surface area contributed by atoms with Crippen LogP contribution in [0, 0.1) is 0 Å². The molecule has 0 saturated heterocycles. The highest BCUT2D eigenvalue weighted by Gasteiger charge is 2.18.